The Kier molecular flexibility index (Phi) is 5.85. The Morgan fingerprint density at radius 3 is 2.52 bits per heavy atom. The third-order valence-corrected chi connectivity index (χ3v) is 6.42. The quantitative estimate of drug-likeness (QED) is 0.519. The first-order chi connectivity index (χ1) is 14.8. The standard InChI is InChI=1S/C24H24F3N3O/c1-13(24(31)30-23-12-20(27)19(26)11-21(23)28)14-2-4-15(5-3-14)17-8-9-29-22-7-6-16(25)10-18(17)22/h6-15H,2-5,28H2,1H3,(H,30,31). The van der Waals surface area contributed by atoms with Crippen LogP contribution in [0.5, 0.6) is 0 Å². The Balaban J connectivity index is 1.42. The number of carbonyl (C=O) groups is 1. The van der Waals surface area contributed by atoms with Crippen LogP contribution >= 0.6 is 0 Å². The second-order valence-electron chi connectivity index (χ2n) is 8.30. The molecule has 1 atom stereocenters. The summed E-state index contributed by atoms with van der Waals surface area (Å²) in [5.41, 5.74) is 7.64. The lowest BCUT2D eigenvalue weighted by atomic mass is 9.73. The van der Waals surface area contributed by atoms with Crippen LogP contribution in [0.2, 0.25) is 0 Å². The van der Waals surface area contributed by atoms with Gasteiger partial charge in [0.2, 0.25) is 5.91 Å². The van der Waals surface area contributed by atoms with Crippen LogP contribution in [0, 0.1) is 29.3 Å². The number of benzene rings is 2. The number of amides is 1. The molecule has 4 nitrogen and oxygen atoms in total. The molecule has 0 aliphatic heterocycles. The Morgan fingerprint density at radius 1 is 1.06 bits per heavy atom. The highest BCUT2D eigenvalue weighted by molar-refractivity contribution is 5.95. The van der Waals surface area contributed by atoms with Gasteiger partial charge < -0.3 is 11.1 Å². The molecule has 162 valence electrons. The van der Waals surface area contributed by atoms with Gasteiger partial charge >= 0.3 is 0 Å². The molecule has 1 aliphatic rings. The highest BCUT2D eigenvalue weighted by Crippen LogP contribution is 2.41. The van der Waals surface area contributed by atoms with Gasteiger partial charge in [-0.15, -0.1) is 0 Å². The summed E-state index contributed by atoms with van der Waals surface area (Å²) in [6.07, 6.45) is 5.19. The number of aromatic nitrogens is 1. The van der Waals surface area contributed by atoms with Crippen molar-refractivity contribution in [2.45, 2.75) is 38.5 Å². The first-order valence-corrected chi connectivity index (χ1v) is 10.4. The molecule has 1 unspecified atom stereocenters. The lowest BCUT2D eigenvalue weighted by Crippen LogP contribution is -2.30. The highest BCUT2D eigenvalue weighted by atomic mass is 19.2. The predicted octanol–water partition coefficient (Wildman–Crippen LogP) is 5.78. The molecule has 31 heavy (non-hydrogen) atoms. The number of halogens is 3. The van der Waals surface area contributed by atoms with Crippen LogP contribution in [0.15, 0.2) is 42.6 Å². The maximum atomic E-state index is 13.8. The average molecular weight is 427 g/mol. The van der Waals surface area contributed by atoms with E-state index in [0.717, 1.165) is 54.3 Å². The van der Waals surface area contributed by atoms with Gasteiger partial charge in [0.05, 0.1) is 16.9 Å². The number of fused-ring (bicyclic) bond motifs is 1. The van der Waals surface area contributed by atoms with Crippen molar-refractivity contribution in [3.8, 4) is 0 Å². The van der Waals surface area contributed by atoms with Gasteiger partial charge in [-0.3, -0.25) is 9.78 Å². The molecule has 4 rings (SSSR count). The molecule has 1 saturated carbocycles. The van der Waals surface area contributed by atoms with Crippen LogP contribution in [-0.2, 0) is 4.79 Å². The second kappa shape index (κ2) is 8.57. The minimum atomic E-state index is -1.06. The first-order valence-electron chi connectivity index (χ1n) is 10.4. The van der Waals surface area contributed by atoms with Gasteiger partial charge in [0, 0.05) is 29.6 Å². The minimum Gasteiger partial charge on any atom is -0.397 e. The Hall–Kier alpha value is -3.09. The number of rotatable bonds is 4. The van der Waals surface area contributed by atoms with E-state index in [2.05, 4.69) is 10.3 Å². The summed E-state index contributed by atoms with van der Waals surface area (Å²) in [4.78, 5) is 17.0. The maximum Gasteiger partial charge on any atom is 0.227 e. The fourth-order valence-corrected chi connectivity index (χ4v) is 4.56. The van der Waals surface area contributed by atoms with Crippen LogP contribution < -0.4 is 11.1 Å². The number of nitrogens with two attached hydrogens (primary N) is 1. The van der Waals surface area contributed by atoms with Crippen molar-refractivity contribution in [3.05, 3.63) is 65.6 Å². The zero-order valence-electron chi connectivity index (χ0n) is 17.2. The number of nitrogens with one attached hydrogen (secondary N) is 1. The van der Waals surface area contributed by atoms with Crippen LogP contribution in [0.25, 0.3) is 10.9 Å². The van der Waals surface area contributed by atoms with Crippen LogP contribution in [0.1, 0.15) is 44.1 Å². The smallest absolute Gasteiger partial charge is 0.227 e. The summed E-state index contributed by atoms with van der Waals surface area (Å²) in [5, 5.41) is 3.47. The molecule has 3 N–H and O–H groups in total. The summed E-state index contributed by atoms with van der Waals surface area (Å²) in [6.45, 7) is 1.84. The Labute approximate surface area is 178 Å². The third kappa shape index (κ3) is 4.36. The Morgan fingerprint density at radius 2 is 1.77 bits per heavy atom. The fourth-order valence-electron chi connectivity index (χ4n) is 4.56. The maximum absolute atomic E-state index is 13.8. The summed E-state index contributed by atoms with van der Waals surface area (Å²) >= 11 is 0. The van der Waals surface area contributed by atoms with Crippen molar-refractivity contribution in [1.82, 2.24) is 4.98 Å². The molecule has 0 saturated heterocycles. The van der Waals surface area contributed by atoms with E-state index in [0.29, 0.717) is 0 Å². The van der Waals surface area contributed by atoms with E-state index in [1.807, 2.05) is 13.0 Å². The molecular formula is C24H24F3N3O. The molecule has 0 bridgehead atoms. The van der Waals surface area contributed by atoms with Gasteiger partial charge in [-0.1, -0.05) is 6.92 Å². The SMILES string of the molecule is CC(C(=O)Nc1cc(F)c(F)cc1N)C1CCC(c2ccnc3ccc(F)cc23)CC1. The molecule has 1 fully saturated rings. The molecule has 1 heterocycles. The molecule has 2 aromatic carbocycles. The van der Waals surface area contributed by atoms with Crippen molar-refractivity contribution >= 4 is 28.2 Å². The molecule has 3 aromatic rings. The largest absolute Gasteiger partial charge is 0.397 e. The van der Waals surface area contributed by atoms with Crippen LogP contribution in [0.3, 0.4) is 0 Å². The summed E-state index contributed by atoms with van der Waals surface area (Å²) in [7, 11) is 0. The van der Waals surface area contributed by atoms with Crippen molar-refractivity contribution in [1.29, 1.82) is 0 Å². The molecule has 1 aliphatic carbocycles. The van der Waals surface area contributed by atoms with E-state index < -0.39 is 11.6 Å². The normalized spacial score (nSPS) is 19.9. The molecule has 1 aromatic heterocycles. The van der Waals surface area contributed by atoms with Crippen molar-refractivity contribution in [2.24, 2.45) is 11.8 Å². The van der Waals surface area contributed by atoms with Gasteiger partial charge in [-0.25, -0.2) is 13.2 Å². The number of hydrogen-bond donors (Lipinski definition) is 2. The molecular weight excluding hydrogens is 403 g/mol. The van der Waals surface area contributed by atoms with Gasteiger partial charge in [-0.05, 0) is 67.3 Å². The minimum absolute atomic E-state index is 0.0139. The lowest BCUT2D eigenvalue weighted by molar-refractivity contribution is -0.121. The van der Waals surface area contributed by atoms with Gasteiger partial charge in [0.25, 0.3) is 0 Å². The van der Waals surface area contributed by atoms with Gasteiger partial charge in [0.1, 0.15) is 5.82 Å². The number of pyridine rings is 1. The van der Waals surface area contributed by atoms with E-state index in [1.165, 1.54) is 12.1 Å². The zero-order chi connectivity index (χ0) is 22.1. The predicted molar refractivity (Wildman–Crippen MR) is 115 cm³/mol. The topological polar surface area (TPSA) is 68.0 Å². The monoisotopic (exact) mass is 427 g/mol. The van der Waals surface area contributed by atoms with Crippen molar-refractivity contribution in [2.75, 3.05) is 11.1 Å². The third-order valence-electron chi connectivity index (χ3n) is 6.42. The fraction of sp³-hybridized carbons (Fsp3) is 0.333. The number of carbonyl (C=O) groups excluding carboxylic acids is 1. The van der Waals surface area contributed by atoms with E-state index in [9.17, 15) is 18.0 Å². The second-order valence-corrected chi connectivity index (χ2v) is 8.30. The lowest BCUT2D eigenvalue weighted by Gasteiger charge is -2.32. The number of nitrogens with zero attached hydrogens (tertiary/aromatic N) is 1. The highest BCUT2D eigenvalue weighted by Gasteiger charge is 2.30. The van der Waals surface area contributed by atoms with Gasteiger partial charge in [-0.2, -0.15) is 0 Å². The van der Waals surface area contributed by atoms with E-state index in [4.69, 9.17) is 5.73 Å². The van der Waals surface area contributed by atoms with E-state index in [1.54, 1.807) is 12.3 Å². The molecule has 0 radical (unpaired) electrons. The number of anilines is 2. The molecule has 0 spiro atoms. The number of hydrogen-bond acceptors (Lipinski definition) is 3. The average Bonchev–Trinajstić information content (AvgIpc) is 2.76. The van der Waals surface area contributed by atoms with E-state index in [-0.39, 0.29) is 40.9 Å². The molecule has 1 amide bonds. The van der Waals surface area contributed by atoms with Crippen LogP contribution in [-0.4, -0.2) is 10.9 Å². The Bertz CT molecular complexity index is 1130. The summed E-state index contributed by atoms with van der Waals surface area (Å²) in [5.74, 6) is -2.52. The number of nitrogen functional groups attached to an aromatic ring is 1. The summed E-state index contributed by atoms with van der Waals surface area (Å²) < 4.78 is 40.5. The van der Waals surface area contributed by atoms with Gasteiger partial charge in [0.15, 0.2) is 11.6 Å². The van der Waals surface area contributed by atoms with Crippen molar-refractivity contribution in [3.63, 3.8) is 0 Å². The van der Waals surface area contributed by atoms with Crippen LogP contribution in [0.4, 0.5) is 24.5 Å². The van der Waals surface area contributed by atoms with Crippen molar-refractivity contribution < 1.29 is 18.0 Å². The zero-order valence-corrected chi connectivity index (χ0v) is 17.2. The van der Waals surface area contributed by atoms with E-state index >= 15 is 0 Å². The summed E-state index contributed by atoms with van der Waals surface area (Å²) in [6, 6.07) is 8.36. The first kappa shape index (κ1) is 21.2. The molecule has 7 heteroatoms.